The maximum atomic E-state index is 11.7. The molecular formula is C16H17O4. The summed E-state index contributed by atoms with van der Waals surface area (Å²) >= 11 is 0. The second-order valence-electron chi connectivity index (χ2n) is 5.57. The molecule has 1 aromatic carbocycles. The van der Waals surface area contributed by atoms with E-state index >= 15 is 0 Å². The fraction of sp³-hybridized carbons (Fsp3) is 0.438. The molecule has 20 heavy (non-hydrogen) atoms. The number of carbonyl (C=O) groups is 2. The number of hydrogen-bond donors (Lipinski definition) is 1. The Bertz CT molecular complexity index is 543. The topological polar surface area (TPSA) is 63.6 Å². The highest BCUT2D eigenvalue weighted by Gasteiger charge is 2.34. The molecule has 3 rings (SSSR count). The zero-order valence-electron chi connectivity index (χ0n) is 11.2. The Morgan fingerprint density at radius 1 is 1.20 bits per heavy atom. The summed E-state index contributed by atoms with van der Waals surface area (Å²) < 4.78 is 5.20. The molecule has 1 aliphatic carbocycles. The van der Waals surface area contributed by atoms with E-state index in [1.807, 2.05) is 0 Å². The molecule has 4 heteroatoms. The standard InChI is InChI=1S/C16H17O4/c17-15-9-12(10-4-2-1-3-5-10)13-8-11(16(18)19)6-7-14(13)20-15/h6-10,12H,1-5H2,(H,18,19)/t12-/m1/s1. The quantitative estimate of drug-likeness (QED) is 0.664. The van der Waals surface area contributed by atoms with Crippen LogP contribution < -0.4 is 4.74 Å². The Morgan fingerprint density at radius 2 is 1.95 bits per heavy atom. The van der Waals surface area contributed by atoms with Crippen molar-refractivity contribution in [3.05, 3.63) is 35.7 Å². The second kappa shape index (κ2) is 5.27. The van der Waals surface area contributed by atoms with Crippen LogP contribution in [0.1, 0.15) is 53.9 Å². The van der Waals surface area contributed by atoms with Gasteiger partial charge < -0.3 is 9.84 Å². The molecule has 1 fully saturated rings. The molecule has 1 radical (unpaired) electrons. The number of carboxylic acid groups (broad SMARTS) is 1. The molecule has 0 aromatic heterocycles. The lowest BCUT2D eigenvalue weighted by Gasteiger charge is -2.33. The van der Waals surface area contributed by atoms with Crippen LogP contribution in [0.3, 0.4) is 0 Å². The maximum absolute atomic E-state index is 11.7. The van der Waals surface area contributed by atoms with Gasteiger partial charge in [0.25, 0.3) is 0 Å². The van der Waals surface area contributed by atoms with Gasteiger partial charge in [0.2, 0.25) is 0 Å². The number of carbonyl (C=O) groups excluding carboxylic acids is 1. The van der Waals surface area contributed by atoms with Gasteiger partial charge in [0.05, 0.1) is 12.0 Å². The van der Waals surface area contributed by atoms with Crippen molar-refractivity contribution in [2.75, 3.05) is 0 Å². The predicted octanol–water partition coefficient (Wildman–Crippen LogP) is 3.17. The molecule has 4 nitrogen and oxygen atoms in total. The van der Waals surface area contributed by atoms with E-state index in [0.717, 1.165) is 18.4 Å². The predicted molar refractivity (Wildman–Crippen MR) is 72.7 cm³/mol. The van der Waals surface area contributed by atoms with Gasteiger partial charge in [-0.3, -0.25) is 4.79 Å². The molecule has 1 atom stereocenters. The molecule has 0 spiro atoms. The van der Waals surface area contributed by atoms with E-state index in [9.17, 15) is 9.59 Å². The number of benzene rings is 1. The third kappa shape index (κ3) is 2.42. The molecule has 105 valence electrons. The van der Waals surface area contributed by atoms with Gasteiger partial charge in [-0.25, -0.2) is 4.79 Å². The minimum Gasteiger partial charge on any atom is -0.478 e. The van der Waals surface area contributed by atoms with Crippen molar-refractivity contribution in [1.29, 1.82) is 0 Å². The highest BCUT2D eigenvalue weighted by Crippen LogP contribution is 2.44. The Morgan fingerprint density at radius 3 is 2.65 bits per heavy atom. The third-order valence-electron chi connectivity index (χ3n) is 4.30. The van der Waals surface area contributed by atoms with Gasteiger partial charge in [0.1, 0.15) is 5.75 Å². The minimum atomic E-state index is -0.952. The van der Waals surface area contributed by atoms with Crippen molar-refractivity contribution in [3.8, 4) is 5.75 Å². The smallest absolute Gasteiger partial charge is 0.335 e. The summed E-state index contributed by atoms with van der Waals surface area (Å²) in [6.07, 6.45) is 7.39. The Kier molecular flexibility index (Phi) is 3.47. The van der Waals surface area contributed by atoms with Crippen molar-refractivity contribution in [2.24, 2.45) is 5.92 Å². The molecule has 2 aliphatic rings. The Balaban J connectivity index is 1.97. The lowest BCUT2D eigenvalue weighted by atomic mass is 9.74. The van der Waals surface area contributed by atoms with Crippen LogP contribution in [-0.4, -0.2) is 17.0 Å². The third-order valence-corrected chi connectivity index (χ3v) is 4.30. The Labute approximate surface area is 117 Å². The van der Waals surface area contributed by atoms with Crippen LogP contribution in [0.15, 0.2) is 18.2 Å². The van der Waals surface area contributed by atoms with Crippen molar-refractivity contribution in [1.82, 2.24) is 0 Å². The first-order chi connectivity index (χ1) is 9.65. The van der Waals surface area contributed by atoms with Crippen LogP contribution in [0.25, 0.3) is 0 Å². The second-order valence-corrected chi connectivity index (χ2v) is 5.57. The van der Waals surface area contributed by atoms with E-state index in [-0.39, 0.29) is 17.5 Å². The molecule has 1 N–H and O–H groups in total. The van der Waals surface area contributed by atoms with Crippen LogP contribution in [0.5, 0.6) is 5.75 Å². The van der Waals surface area contributed by atoms with Crippen LogP contribution >= 0.6 is 0 Å². The zero-order valence-corrected chi connectivity index (χ0v) is 11.2. The fourth-order valence-corrected chi connectivity index (χ4v) is 3.30. The first-order valence-electron chi connectivity index (χ1n) is 7.09. The van der Waals surface area contributed by atoms with Gasteiger partial charge in [-0.2, -0.15) is 0 Å². The first-order valence-corrected chi connectivity index (χ1v) is 7.09. The van der Waals surface area contributed by atoms with Gasteiger partial charge in [-0.15, -0.1) is 0 Å². The van der Waals surface area contributed by atoms with Gasteiger partial charge >= 0.3 is 11.9 Å². The van der Waals surface area contributed by atoms with E-state index in [1.54, 1.807) is 18.6 Å². The number of hydrogen-bond acceptors (Lipinski definition) is 3. The average Bonchev–Trinajstić information content (AvgIpc) is 2.46. The van der Waals surface area contributed by atoms with Gasteiger partial charge in [0, 0.05) is 11.5 Å². The number of aromatic carboxylic acids is 1. The van der Waals surface area contributed by atoms with E-state index in [0.29, 0.717) is 11.7 Å². The molecule has 0 bridgehead atoms. The van der Waals surface area contributed by atoms with E-state index in [4.69, 9.17) is 9.84 Å². The molecule has 1 heterocycles. The number of rotatable bonds is 2. The lowest BCUT2D eigenvalue weighted by Crippen LogP contribution is -2.27. The van der Waals surface area contributed by atoms with Crippen molar-refractivity contribution in [2.45, 2.75) is 38.0 Å². The number of fused-ring (bicyclic) bond motifs is 1. The molecule has 0 unspecified atom stereocenters. The number of ether oxygens (including phenoxy) is 1. The summed E-state index contributed by atoms with van der Waals surface area (Å²) in [5, 5.41) is 9.12. The fourth-order valence-electron chi connectivity index (χ4n) is 3.30. The van der Waals surface area contributed by atoms with E-state index < -0.39 is 5.97 Å². The first kappa shape index (κ1) is 13.2. The lowest BCUT2D eigenvalue weighted by molar-refractivity contribution is -0.132. The average molecular weight is 273 g/mol. The summed E-state index contributed by atoms with van der Waals surface area (Å²) in [7, 11) is 0. The monoisotopic (exact) mass is 273 g/mol. The molecule has 0 saturated heterocycles. The van der Waals surface area contributed by atoms with Crippen LogP contribution in [-0.2, 0) is 4.79 Å². The van der Waals surface area contributed by atoms with Gasteiger partial charge in [0.15, 0.2) is 0 Å². The summed E-state index contributed by atoms with van der Waals surface area (Å²) in [4.78, 5) is 22.8. The normalized spacial score (nSPS) is 23.0. The van der Waals surface area contributed by atoms with Crippen molar-refractivity contribution < 1.29 is 19.4 Å². The number of carboxylic acids is 1. The SMILES string of the molecule is O=C1[CH][C@H](C2CCCCC2)c2cc(C(=O)O)ccc2O1. The van der Waals surface area contributed by atoms with Crippen LogP contribution in [0.4, 0.5) is 0 Å². The zero-order chi connectivity index (χ0) is 14.1. The molecule has 1 saturated carbocycles. The van der Waals surface area contributed by atoms with Crippen LogP contribution in [0, 0.1) is 12.3 Å². The maximum Gasteiger partial charge on any atom is 0.335 e. The molecule has 1 aliphatic heterocycles. The minimum absolute atomic E-state index is 0.00847. The summed E-state index contributed by atoms with van der Waals surface area (Å²) in [5.74, 6) is -0.355. The van der Waals surface area contributed by atoms with E-state index in [2.05, 4.69) is 0 Å². The summed E-state index contributed by atoms with van der Waals surface area (Å²) in [6, 6.07) is 4.73. The van der Waals surface area contributed by atoms with Crippen molar-refractivity contribution in [3.63, 3.8) is 0 Å². The number of esters is 1. The van der Waals surface area contributed by atoms with E-state index in [1.165, 1.54) is 25.3 Å². The summed E-state index contributed by atoms with van der Waals surface area (Å²) in [6.45, 7) is 0. The Hall–Kier alpha value is -1.84. The van der Waals surface area contributed by atoms with Crippen LogP contribution in [0.2, 0.25) is 0 Å². The van der Waals surface area contributed by atoms with Gasteiger partial charge in [-0.05, 0) is 37.0 Å². The molecule has 0 amide bonds. The van der Waals surface area contributed by atoms with Crippen molar-refractivity contribution >= 4 is 11.9 Å². The molecule has 1 aromatic rings. The van der Waals surface area contributed by atoms with Gasteiger partial charge in [-0.1, -0.05) is 19.3 Å². The summed E-state index contributed by atoms with van der Waals surface area (Å²) in [5.41, 5.74) is 1.09. The molecular weight excluding hydrogens is 256 g/mol. The largest absolute Gasteiger partial charge is 0.478 e. The highest BCUT2D eigenvalue weighted by molar-refractivity contribution is 5.90. The highest BCUT2D eigenvalue weighted by atomic mass is 16.5.